The molecule has 1 saturated heterocycles. The maximum atomic E-state index is 13.7. The number of likely N-dealkylation sites (tertiary alicyclic amines) is 1. The number of hydrogen-bond acceptors (Lipinski definition) is 4. The SMILES string of the molecule is CC(C)N1CCC(Oc2ccc3c(c2)cc2n3[C@H](CO[Si](C)(C)C(C)(C)C(C)C)CN(CC3CC3)C2=O)CC1. The minimum atomic E-state index is -1.99. The smallest absolute Gasteiger partial charge is 0.270 e. The molecule has 2 aromatic rings. The van der Waals surface area contributed by atoms with E-state index in [1.807, 2.05) is 0 Å². The summed E-state index contributed by atoms with van der Waals surface area (Å²) in [7, 11) is -1.99. The first-order valence-corrected chi connectivity index (χ1v) is 18.3. The number of hydrogen-bond donors (Lipinski definition) is 0. The average molecular weight is 554 g/mol. The second-order valence-corrected chi connectivity index (χ2v) is 18.7. The molecule has 2 fully saturated rings. The van der Waals surface area contributed by atoms with Gasteiger partial charge in [0, 0.05) is 43.1 Å². The molecular weight excluding hydrogens is 502 g/mol. The van der Waals surface area contributed by atoms with E-state index in [0.29, 0.717) is 24.5 Å². The third-order valence-corrected chi connectivity index (χ3v) is 15.0. The average Bonchev–Trinajstić information content (AvgIpc) is 3.62. The van der Waals surface area contributed by atoms with E-state index < -0.39 is 8.32 Å². The van der Waals surface area contributed by atoms with Crippen molar-refractivity contribution >= 4 is 25.1 Å². The quantitative estimate of drug-likeness (QED) is 0.299. The largest absolute Gasteiger partial charge is 0.490 e. The molecule has 5 rings (SSSR count). The summed E-state index contributed by atoms with van der Waals surface area (Å²) in [5.74, 6) is 2.30. The number of fused-ring (bicyclic) bond motifs is 3. The van der Waals surface area contributed by atoms with E-state index in [1.54, 1.807) is 0 Å². The van der Waals surface area contributed by atoms with Crippen LogP contribution in [0.2, 0.25) is 18.1 Å². The third kappa shape index (κ3) is 5.82. The lowest BCUT2D eigenvalue weighted by Crippen LogP contribution is -2.49. The maximum Gasteiger partial charge on any atom is 0.270 e. The summed E-state index contributed by atoms with van der Waals surface area (Å²) >= 11 is 0. The Morgan fingerprint density at radius 1 is 1.03 bits per heavy atom. The molecule has 1 amide bonds. The van der Waals surface area contributed by atoms with Crippen molar-refractivity contribution in [2.24, 2.45) is 11.8 Å². The molecule has 6 nitrogen and oxygen atoms in total. The highest BCUT2D eigenvalue weighted by molar-refractivity contribution is 6.74. The van der Waals surface area contributed by atoms with Gasteiger partial charge in [0.2, 0.25) is 0 Å². The predicted octanol–water partition coefficient (Wildman–Crippen LogP) is 6.96. The fraction of sp³-hybridized carbons (Fsp3) is 0.719. The first-order chi connectivity index (χ1) is 18.4. The van der Waals surface area contributed by atoms with Crippen molar-refractivity contribution in [3.8, 4) is 5.75 Å². The molecule has 3 heterocycles. The van der Waals surface area contributed by atoms with E-state index >= 15 is 0 Å². The Bertz CT molecular complexity index is 1170. The molecule has 0 bridgehead atoms. The maximum absolute atomic E-state index is 13.7. The number of nitrogens with zero attached hydrogens (tertiary/aromatic N) is 3. The van der Waals surface area contributed by atoms with Gasteiger partial charge in [-0.1, -0.05) is 27.7 Å². The van der Waals surface area contributed by atoms with Crippen molar-refractivity contribution < 1.29 is 14.0 Å². The molecule has 7 heteroatoms. The molecule has 1 aromatic heterocycles. The van der Waals surface area contributed by atoms with Gasteiger partial charge in [-0.2, -0.15) is 0 Å². The normalized spacial score (nSPS) is 21.8. The highest BCUT2D eigenvalue weighted by atomic mass is 28.4. The number of amides is 1. The molecule has 39 heavy (non-hydrogen) atoms. The minimum Gasteiger partial charge on any atom is -0.490 e. The van der Waals surface area contributed by atoms with Gasteiger partial charge >= 0.3 is 0 Å². The molecule has 2 aliphatic heterocycles. The Morgan fingerprint density at radius 3 is 2.33 bits per heavy atom. The lowest BCUT2D eigenvalue weighted by Gasteiger charge is -2.44. The fourth-order valence-corrected chi connectivity index (χ4v) is 8.58. The molecule has 0 radical (unpaired) electrons. The summed E-state index contributed by atoms with van der Waals surface area (Å²) in [6.45, 7) is 23.0. The molecule has 0 N–H and O–H groups in total. The van der Waals surface area contributed by atoms with Gasteiger partial charge in [0.05, 0.1) is 12.6 Å². The number of rotatable bonds is 10. The van der Waals surface area contributed by atoms with Crippen LogP contribution in [0, 0.1) is 11.8 Å². The summed E-state index contributed by atoms with van der Waals surface area (Å²) < 4.78 is 15.6. The van der Waals surface area contributed by atoms with Crippen LogP contribution in [0.25, 0.3) is 10.9 Å². The predicted molar refractivity (Wildman–Crippen MR) is 162 cm³/mol. The minimum absolute atomic E-state index is 0.121. The van der Waals surface area contributed by atoms with Crippen LogP contribution in [-0.4, -0.2) is 73.5 Å². The van der Waals surface area contributed by atoms with E-state index in [2.05, 4.69) is 93.3 Å². The van der Waals surface area contributed by atoms with Crippen LogP contribution in [0.4, 0.5) is 0 Å². The Hall–Kier alpha value is -1.83. The van der Waals surface area contributed by atoms with Crippen molar-refractivity contribution in [3.63, 3.8) is 0 Å². The van der Waals surface area contributed by atoms with Gasteiger partial charge in [0.15, 0.2) is 8.32 Å². The molecule has 1 aromatic carbocycles. The van der Waals surface area contributed by atoms with Crippen LogP contribution >= 0.6 is 0 Å². The molecule has 1 saturated carbocycles. The van der Waals surface area contributed by atoms with Crippen LogP contribution in [0.3, 0.4) is 0 Å². The Kier molecular flexibility index (Phi) is 7.99. The third-order valence-electron chi connectivity index (χ3n) is 10.4. The van der Waals surface area contributed by atoms with Crippen LogP contribution in [0.1, 0.15) is 83.8 Å². The highest BCUT2D eigenvalue weighted by Gasteiger charge is 2.44. The topological polar surface area (TPSA) is 46.9 Å². The van der Waals surface area contributed by atoms with Gasteiger partial charge in [-0.05, 0) is 93.8 Å². The van der Waals surface area contributed by atoms with Gasteiger partial charge in [0.1, 0.15) is 17.5 Å². The van der Waals surface area contributed by atoms with Gasteiger partial charge in [-0.25, -0.2) is 0 Å². The zero-order chi connectivity index (χ0) is 28.1. The lowest BCUT2D eigenvalue weighted by atomic mass is 9.99. The Balaban J connectivity index is 1.39. The van der Waals surface area contributed by atoms with E-state index in [1.165, 1.54) is 12.8 Å². The monoisotopic (exact) mass is 553 g/mol. The highest BCUT2D eigenvalue weighted by Crippen LogP contribution is 2.45. The number of piperidine rings is 1. The van der Waals surface area contributed by atoms with Gasteiger partial charge in [0.25, 0.3) is 5.91 Å². The lowest BCUT2D eigenvalue weighted by molar-refractivity contribution is 0.0624. The summed E-state index contributed by atoms with van der Waals surface area (Å²) in [6, 6.07) is 9.22. The van der Waals surface area contributed by atoms with Gasteiger partial charge in [-0.3, -0.25) is 4.79 Å². The van der Waals surface area contributed by atoms with Crippen molar-refractivity contribution in [2.45, 2.75) is 104 Å². The summed E-state index contributed by atoms with van der Waals surface area (Å²) in [5.41, 5.74) is 1.91. The first-order valence-electron chi connectivity index (χ1n) is 15.4. The number of aromatic nitrogens is 1. The zero-order valence-electron chi connectivity index (χ0n) is 25.6. The Morgan fingerprint density at radius 2 is 1.72 bits per heavy atom. The Labute approximate surface area is 237 Å². The van der Waals surface area contributed by atoms with Crippen molar-refractivity contribution in [1.82, 2.24) is 14.4 Å². The standard InChI is InChI=1S/C32H51N3O3Si/c1-22(2)32(5,6)39(7,8)37-21-26-20-34(19-24-9-10-24)31(36)30-18-25-17-28(11-12-29(25)35(26)30)38-27-13-15-33(16-14-27)23(3)4/h11-12,17-18,22-24,26-27H,9-10,13-16,19-21H2,1-8H3/t26-/m0/s1. The van der Waals surface area contributed by atoms with Crippen LogP contribution in [-0.2, 0) is 4.43 Å². The van der Waals surface area contributed by atoms with Gasteiger partial charge < -0.3 is 23.5 Å². The number of ether oxygens (including phenoxy) is 1. The second kappa shape index (κ2) is 10.9. The van der Waals surface area contributed by atoms with Crippen molar-refractivity contribution in [2.75, 3.05) is 32.8 Å². The molecule has 3 aliphatic rings. The van der Waals surface area contributed by atoms with Crippen LogP contribution < -0.4 is 4.74 Å². The molecule has 0 unspecified atom stereocenters. The molecular formula is C32H51N3O3Si. The molecule has 216 valence electrons. The summed E-state index contributed by atoms with van der Waals surface area (Å²) in [5, 5.41) is 1.25. The van der Waals surface area contributed by atoms with Crippen LogP contribution in [0.15, 0.2) is 24.3 Å². The summed E-state index contributed by atoms with van der Waals surface area (Å²) in [6.07, 6.45) is 4.86. The zero-order valence-corrected chi connectivity index (χ0v) is 26.6. The molecule has 1 atom stereocenters. The van der Waals surface area contributed by atoms with Crippen LogP contribution in [0.5, 0.6) is 5.75 Å². The van der Waals surface area contributed by atoms with Gasteiger partial charge in [-0.15, -0.1) is 0 Å². The van der Waals surface area contributed by atoms with E-state index in [0.717, 1.165) is 61.4 Å². The fourth-order valence-electron chi connectivity index (χ4n) is 6.21. The summed E-state index contributed by atoms with van der Waals surface area (Å²) in [4.78, 5) is 18.3. The number of carbonyl (C=O) groups is 1. The molecule has 1 aliphatic carbocycles. The van der Waals surface area contributed by atoms with Crippen molar-refractivity contribution in [1.29, 1.82) is 0 Å². The van der Waals surface area contributed by atoms with E-state index in [-0.39, 0.29) is 23.1 Å². The number of benzene rings is 1. The van der Waals surface area contributed by atoms with E-state index in [4.69, 9.17) is 9.16 Å². The van der Waals surface area contributed by atoms with Crippen molar-refractivity contribution in [3.05, 3.63) is 30.0 Å². The number of carbonyl (C=O) groups excluding carboxylic acids is 1. The van der Waals surface area contributed by atoms with E-state index in [9.17, 15) is 4.79 Å². The second-order valence-electron chi connectivity index (χ2n) is 14.1. The molecule has 0 spiro atoms. The first kappa shape index (κ1) is 28.7.